The lowest BCUT2D eigenvalue weighted by Crippen LogP contribution is -2.45. The molecule has 1 aromatic heterocycles. The Hall–Kier alpha value is -2.34. The summed E-state index contributed by atoms with van der Waals surface area (Å²) in [6, 6.07) is 7.92. The second-order valence-electron chi connectivity index (χ2n) is 6.99. The number of hydrogen-bond acceptors (Lipinski definition) is 4. The van der Waals surface area contributed by atoms with Crippen LogP contribution >= 0.6 is 0 Å². The molecule has 3 heterocycles. The third kappa shape index (κ3) is 3.33. The van der Waals surface area contributed by atoms with Crippen molar-refractivity contribution in [3.8, 4) is 5.75 Å². The van der Waals surface area contributed by atoms with Gasteiger partial charge < -0.3 is 18.9 Å². The molecule has 0 N–H and O–H groups in total. The van der Waals surface area contributed by atoms with Crippen LogP contribution in [0.1, 0.15) is 30.1 Å². The SMILES string of the molecule is COCCn1ccnc1C1CCN(C(=O)[C@@H]2Cc3ccccc3O2)CC1. The van der Waals surface area contributed by atoms with Crippen molar-refractivity contribution < 1.29 is 14.3 Å². The number of rotatable bonds is 5. The second kappa shape index (κ2) is 7.50. The second-order valence-corrected chi connectivity index (χ2v) is 6.99. The van der Waals surface area contributed by atoms with Gasteiger partial charge in [-0.1, -0.05) is 18.2 Å². The molecule has 1 saturated heterocycles. The summed E-state index contributed by atoms with van der Waals surface area (Å²) in [6.45, 7) is 3.02. The smallest absolute Gasteiger partial charge is 0.263 e. The number of methoxy groups -OCH3 is 1. The maximum Gasteiger partial charge on any atom is 0.263 e. The Morgan fingerprint density at radius 2 is 2.12 bits per heavy atom. The molecule has 1 aromatic carbocycles. The quantitative estimate of drug-likeness (QED) is 0.825. The molecule has 1 atom stereocenters. The average molecular weight is 355 g/mol. The first-order valence-corrected chi connectivity index (χ1v) is 9.29. The number of piperidine rings is 1. The van der Waals surface area contributed by atoms with E-state index in [0.29, 0.717) is 18.9 Å². The van der Waals surface area contributed by atoms with Crippen molar-refractivity contribution in [3.05, 3.63) is 48.0 Å². The van der Waals surface area contributed by atoms with E-state index in [4.69, 9.17) is 9.47 Å². The van der Waals surface area contributed by atoms with Gasteiger partial charge >= 0.3 is 0 Å². The molecule has 2 aliphatic rings. The van der Waals surface area contributed by atoms with Crippen LogP contribution in [-0.2, 0) is 22.5 Å². The minimum atomic E-state index is -0.368. The van der Waals surface area contributed by atoms with E-state index < -0.39 is 0 Å². The highest BCUT2D eigenvalue weighted by atomic mass is 16.5. The summed E-state index contributed by atoms with van der Waals surface area (Å²) in [5, 5.41) is 0. The highest BCUT2D eigenvalue weighted by molar-refractivity contribution is 5.82. The molecule has 2 aliphatic heterocycles. The van der Waals surface area contributed by atoms with Crippen LogP contribution in [0.4, 0.5) is 0 Å². The van der Waals surface area contributed by atoms with E-state index in [0.717, 1.165) is 49.6 Å². The maximum atomic E-state index is 12.8. The summed E-state index contributed by atoms with van der Waals surface area (Å²) < 4.78 is 13.2. The number of fused-ring (bicyclic) bond motifs is 1. The van der Waals surface area contributed by atoms with E-state index in [9.17, 15) is 4.79 Å². The van der Waals surface area contributed by atoms with Crippen LogP contribution in [0.15, 0.2) is 36.7 Å². The number of imidazole rings is 1. The monoisotopic (exact) mass is 355 g/mol. The number of hydrogen-bond donors (Lipinski definition) is 0. The lowest BCUT2D eigenvalue weighted by atomic mass is 9.95. The Morgan fingerprint density at radius 3 is 2.88 bits per heavy atom. The number of benzene rings is 1. The van der Waals surface area contributed by atoms with Crippen LogP contribution in [0.25, 0.3) is 0 Å². The number of aromatic nitrogens is 2. The molecule has 6 heteroatoms. The molecule has 0 saturated carbocycles. The summed E-state index contributed by atoms with van der Waals surface area (Å²) in [5.41, 5.74) is 1.13. The van der Waals surface area contributed by atoms with Crippen molar-refractivity contribution in [2.45, 2.75) is 37.8 Å². The molecule has 1 amide bonds. The molecular formula is C20H25N3O3. The van der Waals surface area contributed by atoms with Crippen molar-refractivity contribution in [1.82, 2.24) is 14.5 Å². The van der Waals surface area contributed by atoms with Gasteiger partial charge in [0.25, 0.3) is 5.91 Å². The fourth-order valence-electron chi connectivity index (χ4n) is 3.94. The molecule has 138 valence electrons. The zero-order valence-corrected chi connectivity index (χ0v) is 15.1. The molecule has 0 bridgehead atoms. The topological polar surface area (TPSA) is 56.6 Å². The number of amides is 1. The van der Waals surface area contributed by atoms with Crippen molar-refractivity contribution in [2.24, 2.45) is 0 Å². The third-order valence-corrected chi connectivity index (χ3v) is 5.38. The molecule has 0 aliphatic carbocycles. The largest absolute Gasteiger partial charge is 0.480 e. The van der Waals surface area contributed by atoms with Gasteiger partial charge in [0, 0.05) is 51.5 Å². The zero-order chi connectivity index (χ0) is 17.9. The lowest BCUT2D eigenvalue weighted by molar-refractivity contribution is -0.139. The fraction of sp³-hybridized carbons (Fsp3) is 0.500. The number of para-hydroxylation sites is 1. The maximum absolute atomic E-state index is 12.8. The molecular weight excluding hydrogens is 330 g/mol. The average Bonchev–Trinajstić information content (AvgIpc) is 3.32. The van der Waals surface area contributed by atoms with Gasteiger partial charge in [0.1, 0.15) is 11.6 Å². The first-order valence-electron chi connectivity index (χ1n) is 9.29. The minimum absolute atomic E-state index is 0.113. The van der Waals surface area contributed by atoms with Gasteiger partial charge in [-0.25, -0.2) is 4.98 Å². The highest BCUT2D eigenvalue weighted by Crippen LogP contribution is 2.31. The number of likely N-dealkylation sites (tertiary alicyclic amines) is 1. The van der Waals surface area contributed by atoms with E-state index >= 15 is 0 Å². The molecule has 4 rings (SSSR count). The predicted octanol–water partition coefficient (Wildman–Crippen LogP) is 2.24. The van der Waals surface area contributed by atoms with Crippen molar-refractivity contribution >= 4 is 5.91 Å². The Balaban J connectivity index is 1.34. The standard InChI is InChI=1S/C20H25N3O3/c1-25-13-12-22-11-8-21-19(22)15-6-9-23(10-7-15)20(24)18-14-16-4-2-3-5-17(16)26-18/h2-5,8,11,15,18H,6-7,9-10,12-14H2,1H3/t18-/m0/s1. The molecule has 0 unspecified atom stereocenters. The van der Waals surface area contributed by atoms with Gasteiger partial charge in [0.05, 0.1) is 6.61 Å². The first kappa shape index (κ1) is 17.1. The molecule has 2 aromatic rings. The fourth-order valence-corrected chi connectivity index (χ4v) is 3.94. The molecule has 26 heavy (non-hydrogen) atoms. The van der Waals surface area contributed by atoms with Crippen LogP contribution in [0, 0.1) is 0 Å². The highest BCUT2D eigenvalue weighted by Gasteiger charge is 2.34. The number of ether oxygens (including phenoxy) is 2. The Bertz CT molecular complexity index is 740. The van der Waals surface area contributed by atoms with Gasteiger partial charge in [0.2, 0.25) is 0 Å². The van der Waals surface area contributed by atoms with Gasteiger partial charge in [-0.3, -0.25) is 4.79 Å². The Kier molecular flexibility index (Phi) is 4.93. The van der Waals surface area contributed by atoms with Crippen molar-refractivity contribution in [1.29, 1.82) is 0 Å². The first-order chi connectivity index (χ1) is 12.8. The number of carbonyl (C=O) groups is 1. The van der Waals surface area contributed by atoms with Crippen LogP contribution < -0.4 is 4.74 Å². The summed E-state index contributed by atoms with van der Waals surface area (Å²) in [5.74, 6) is 2.47. The van der Waals surface area contributed by atoms with E-state index in [1.807, 2.05) is 41.6 Å². The molecule has 6 nitrogen and oxygen atoms in total. The van der Waals surface area contributed by atoms with Crippen LogP contribution in [0.5, 0.6) is 5.75 Å². The van der Waals surface area contributed by atoms with E-state index in [-0.39, 0.29) is 12.0 Å². The summed E-state index contributed by atoms with van der Waals surface area (Å²) in [6.07, 6.45) is 6.05. The normalized spacial score (nSPS) is 20.0. The van der Waals surface area contributed by atoms with Gasteiger partial charge in [-0.2, -0.15) is 0 Å². The summed E-state index contributed by atoms with van der Waals surface area (Å²) >= 11 is 0. The van der Waals surface area contributed by atoms with Gasteiger partial charge in [-0.15, -0.1) is 0 Å². The molecule has 0 spiro atoms. The minimum Gasteiger partial charge on any atom is -0.480 e. The lowest BCUT2D eigenvalue weighted by Gasteiger charge is -2.33. The number of nitrogens with zero attached hydrogens (tertiary/aromatic N) is 3. The molecule has 1 fully saturated rings. The van der Waals surface area contributed by atoms with E-state index in [1.54, 1.807) is 7.11 Å². The van der Waals surface area contributed by atoms with Gasteiger partial charge in [-0.05, 0) is 24.5 Å². The van der Waals surface area contributed by atoms with Crippen LogP contribution in [0.3, 0.4) is 0 Å². The Labute approximate surface area is 153 Å². The Morgan fingerprint density at radius 1 is 1.31 bits per heavy atom. The predicted molar refractivity (Wildman–Crippen MR) is 97.2 cm³/mol. The van der Waals surface area contributed by atoms with E-state index in [2.05, 4.69) is 9.55 Å². The molecule has 0 radical (unpaired) electrons. The summed E-state index contributed by atoms with van der Waals surface area (Å²) in [7, 11) is 1.71. The third-order valence-electron chi connectivity index (χ3n) is 5.38. The number of carbonyl (C=O) groups excluding carboxylic acids is 1. The van der Waals surface area contributed by atoms with Crippen LogP contribution in [-0.4, -0.2) is 53.3 Å². The van der Waals surface area contributed by atoms with Crippen LogP contribution in [0.2, 0.25) is 0 Å². The summed E-state index contributed by atoms with van der Waals surface area (Å²) in [4.78, 5) is 19.3. The van der Waals surface area contributed by atoms with Crippen molar-refractivity contribution in [3.63, 3.8) is 0 Å². The van der Waals surface area contributed by atoms with Gasteiger partial charge in [0.15, 0.2) is 6.10 Å². The zero-order valence-electron chi connectivity index (χ0n) is 15.1. The van der Waals surface area contributed by atoms with E-state index in [1.165, 1.54) is 0 Å². The van der Waals surface area contributed by atoms with Crippen molar-refractivity contribution in [2.75, 3.05) is 26.8 Å².